The number of Topliss-reactive ketones (excluding diaryl/α,β-unsaturated/α-hetero) is 2. The standard InChI is InChI=1S/C34H28N2O6S/c1-40-24-17-20(18-25(41-2)31(24)42-3)29(37)27-28(30(38)26-13-8-16-43-26)36-15-14-19-9-4-5-10-21(19)32(36)34(27)22-11-6-7-12-23(22)35-33(34)39/h4-18,27-28,32H,1-3H3,(H,35,39)/t27-,28-,32+,34+/m0/s1. The summed E-state index contributed by atoms with van der Waals surface area (Å²) in [5.74, 6) is -1.07. The first-order valence-electron chi connectivity index (χ1n) is 13.8. The molecule has 43 heavy (non-hydrogen) atoms. The van der Waals surface area contributed by atoms with Crippen molar-refractivity contribution in [1.82, 2.24) is 4.90 Å². The van der Waals surface area contributed by atoms with Crippen molar-refractivity contribution in [3.05, 3.63) is 112 Å². The van der Waals surface area contributed by atoms with E-state index in [0.717, 1.165) is 11.1 Å². The molecule has 216 valence electrons. The molecule has 9 heteroatoms. The summed E-state index contributed by atoms with van der Waals surface area (Å²) in [7, 11) is 4.45. The molecular formula is C34H28N2O6S. The minimum atomic E-state index is -1.42. The zero-order chi connectivity index (χ0) is 29.9. The summed E-state index contributed by atoms with van der Waals surface area (Å²) < 4.78 is 16.7. The first kappa shape index (κ1) is 27.0. The topological polar surface area (TPSA) is 94.2 Å². The second kappa shape index (κ2) is 10.1. The number of fused-ring (bicyclic) bond motifs is 6. The van der Waals surface area contributed by atoms with E-state index in [1.807, 2.05) is 77.2 Å². The maximum absolute atomic E-state index is 15.1. The number of hydrogen-bond donors (Lipinski definition) is 1. The summed E-state index contributed by atoms with van der Waals surface area (Å²) >= 11 is 1.32. The molecule has 1 spiro atoms. The van der Waals surface area contributed by atoms with Crippen molar-refractivity contribution in [3.8, 4) is 17.2 Å². The van der Waals surface area contributed by atoms with Crippen molar-refractivity contribution in [2.24, 2.45) is 5.92 Å². The van der Waals surface area contributed by atoms with Gasteiger partial charge < -0.3 is 24.4 Å². The zero-order valence-electron chi connectivity index (χ0n) is 23.7. The number of thiophene rings is 1. The van der Waals surface area contributed by atoms with Gasteiger partial charge in [0, 0.05) is 17.5 Å². The van der Waals surface area contributed by atoms with Crippen LogP contribution in [0.3, 0.4) is 0 Å². The van der Waals surface area contributed by atoms with Crippen molar-refractivity contribution in [1.29, 1.82) is 0 Å². The monoisotopic (exact) mass is 592 g/mol. The summed E-state index contributed by atoms with van der Waals surface area (Å²) in [6, 6.07) is 20.4. The Bertz CT molecular complexity index is 1790. The number of rotatable bonds is 7. The molecule has 7 rings (SSSR count). The Labute approximate surface area is 252 Å². The largest absolute Gasteiger partial charge is 0.493 e. The molecule has 1 saturated heterocycles. The number of para-hydroxylation sites is 1. The number of amides is 1. The molecule has 1 N–H and O–H groups in total. The maximum atomic E-state index is 15.1. The van der Waals surface area contributed by atoms with Gasteiger partial charge in [0.2, 0.25) is 11.7 Å². The van der Waals surface area contributed by atoms with Gasteiger partial charge in [0.05, 0.1) is 38.2 Å². The molecule has 1 fully saturated rings. The van der Waals surface area contributed by atoms with E-state index in [0.29, 0.717) is 33.4 Å². The Morgan fingerprint density at radius 3 is 2.30 bits per heavy atom. The van der Waals surface area contributed by atoms with Gasteiger partial charge in [-0.3, -0.25) is 14.4 Å². The number of benzene rings is 3. The second-order valence-electron chi connectivity index (χ2n) is 10.7. The highest BCUT2D eigenvalue weighted by molar-refractivity contribution is 7.12. The Kier molecular flexibility index (Phi) is 6.36. The lowest BCUT2D eigenvalue weighted by Crippen LogP contribution is -2.49. The van der Waals surface area contributed by atoms with Crippen LogP contribution in [0.1, 0.15) is 42.8 Å². The van der Waals surface area contributed by atoms with Crippen molar-refractivity contribution in [3.63, 3.8) is 0 Å². The second-order valence-corrected chi connectivity index (χ2v) is 11.7. The molecule has 0 unspecified atom stereocenters. The highest BCUT2D eigenvalue weighted by Crippen LogP contribution is 2.62. The van der Waals surface area contributed by atoms with Gasteiger partial charge in [0.25, 0.3) is 0 Å². The lowest BCUT2D eigenvalue weighted by atomic mass is 9.62. The number of methoxy groups -OCH3 is 3. The number of nitrogens with zero attached hydrogens (tertiary/aromatic N) is 1. The molecule has 0 bridgehead atoms. The molecule has 8 nitrogen and oxygen atoms in total. The summed E-state index contributed by atoms with van der Waals surface area (Å²) in [4.78, 5) is 46.6. The van der Waals surface area contributed by atoms with Crippen molar-refractivity contribution < 1.29 is 28.6 Å². The van der Waals surface area contributed by atoms with E-state index in [-0.39, 0.29) is 23.0 Å². The van der Waals surface area contributed by atoms with Crippen LogP contribution in [-0.2, 0) is 10.2 Å². The van der Waals surface area contributed by atoms with Gasteiger partial charge in [-0.05, 0) is 52.4 Å². The van der Waals surface area contributed by atoms with Crippen LogP contribution in [-0.4, -0.2) is 49.7 Å². The number of ketones is 2. The highest BCUT2D eigenvalue weighted by Gasteiger charge is 2.70. The molecule has 3 aliphatic rings. The third kappa shape index (κ3) is 3.71. The Balaban J connectivity index is 1.54. The van der Waals surface area contributed by atoms with Gasteiger partial charge in [-0.2, -0.15) is 0 Å². The molecule has 0 aliphatic carbocycles. The van der Waals surface area contributed by atoms with Gasteiger partial charge in [0.15, 0.2) is 23.1 Å². The first-order chi connectivity index (χ1) is 20.9. The van der Waals surface area contributed by atoms with Crippen molar-refractivity contribution in [2.75, 3.05) is 26.6 Å². The predicted molar refractivity (Wildman–Crippen MR) is 163 cm³/mol. The number of anilines is 1. The van der Waals surface area contributed by atoms with E-state index in [1.165, 1.54) is 32.7 Å². The molecule has 3 aliphatic heterocycles. The SMILES string of the molecule is COc1cc(C(=O)[C@@H]2[C@@H](C(=O)c3cccs3)N3C=Cc4ccccc4[C@@H]3[C@]23C(=O)Nc2ccccc23)cc(OC)c1OC. The average molecular weight is 593 g/mol. The van der Waals surface area contributed by atoms with Crippen LogP contribution in [0.4, 0.5) is 5.69 Å². The van der Waals surface area contributed by atoms with Crippen LogP contribution in [0, 0.1) is 5.92 Å². The maximum Gasteiger partial charge on any atom is 0.238 e. The van der Waals surface area contributed by atoms with Crippen LogP contribution in [0.25, 0.3) is 6.08 Å². The van der Waals surface area contributed by atoms with Crippen molar-refractivity contribution in [2.45, 2.75) is 17.5 Å². The first-order valence-corrected chi connectivity index (χ1v) is 14.7. The van der Waals surface area contributed by atoms with E-state index in [4.69, 9.17) is 14.2 Å². The Morgan fingerprint density at radius 2 is 1.60 bits per heavy atom. The summed E-state index contributed by atoms with van der Waals surface area (Å²) in [6.07, 6.45) is 3.81. The molecule has 0 saturated carbocycles. The molecule has 4 heterocycles. The van der Waals surface area contributed by atoms with E-state index < -0.39 is 23.4 Å². The zero-order valence-corrected chi connectivity index (χ0v) is 24.5. The smallest absolute Gasteiger partial charge is 0.238 e. The number of hydrogen-bond acceptors (Lipinski definition) is 8. The molecule has 3 aromatic carbocycles. The fraction of sp³-hybridized carbons (Fsp3) is 0.206. The molecule has 4 atom stereocenters. The third-order valence-electron chi connectivity index (χ3n) is 8.83. The van der Waals surface area contributed by atoms with Crippen molar-refractivity contribution >= 4 is 40.6 Å². The minimum Gasteiger partial charge on any atom is -0.493 e. The predicted octanol–water partition coefficient (Wildman–Crippen LogP) is 5.76. The van der Waals surface area contributed by atoms with Crippen LogP contribution in [0.15, 0.2) is 84.4 Å². The van der Waals surface area contributed by atoms with Crippen LogP contribution >= 0.6 is 11.3 Å². The lowest BCUT2D eigenvalue weighted by Gasteiger charge is -2.38. The molecule has 0 radical (unpaired) electrons. The van der Waals surface area contributed by atoms with Crippen LogP contribution < -0.4 is 19.5 Å². The number of ether oxygens (including phenoxy) is 3. The quantitative estimate of drug-likeness (QED) is 0.273. The average Bonchev–Trinajstić information content (AvgIpc) is 3.76. The summed E-state index contributed by atoms with van der Waals surface area (Å²) in [5, 5.41) is 4.91. The highest BCUT2D eigenvalue weighted by atomic mass is 32.1. The normalized spacial score (nSPS) is 22.9. The molecule has 1 amide bonds. The fourth-order valence-corrected chi connectivity index (χ4v) is 7.83. The van der Waals surface area contributed by atoms with E-state index in [9.17, 15) is 9.59 Å². The van der Waals surface area contributed by atoms with Crippen LogP contribution in [0.5, 0.6) is 17.2 Å². The van der Waals surface area contributed by atoms with E-state index >= 15 is 4.79 Å². The molecule has 4 aromatic rings. The van der Waals surface area contributed by atoms with Gasteiger partial charge in [-0.1, -0.05) is 48.5 Å². The number of carbonyl (C=O) groups excluding carboxylic acids is 3. The van der Waals surface area contributed by atoms with Gasteiger partial charge in [0.1, 0.15) is 11.5 Å². The van der Waals surface area contributed by atoms with Gasteiger partial charge in [-0.15, -0.1) is 11.3 Å². The Morgan fingerprint density at radius 1 is 0.884 bits per heavy atom. The Hall–Kier alpha value is -4.89. The van der Waals surface area contributed by atoms with Crippen LogP contribution in [0.2, 0.25) is 0 Å². The van der Waals surface area contributed by atoms with Gasteiger partial charge >= 0.3 is 0 Å². The van der Waals surface area contributed by atoms with Gasteiger partial charge in [-0.25, -0.2) is 0 Å². The summed E-state index contributed by atoms with van der Waals surface area (Å²) in [5.41, 5.74) is 1.95. The molecule has 1 aromatic heterocycles. The summed E-state index contributed by atoms with van der Waals surface area (Å²) in [6.45, 7) is 0. The fourth-order valence-electron chi connectivity index (χ4n) is 7.14. The van der Waals surface area contributed by atoms with E-state index in [2.05, 4.69) is 5.32 Å². The minimum absolute atomic E-state index is 0.219. The lowest BCUT2D eigenvalue weighted by molar-refractivity contribution is -0.122. The van der Waals surface area contributed by atoms with E-state index in [1.54, 1.807) is 18.2 Å². The third-order valence-corrected chi connectivity index (χ3v) is 9.72. The number of carbonyl (C=O) groups is 3. The number of nitrogens with one attached hydrogen (secondary N) is 1. The molecular weight excluding hydrogens is 564 g/mol.